The maximum atomic E-state index is 11.6. The Morgan fingerprint density at radius 1 is 1.33 bits per heavy atom. The molecule has 96 valence electrons. The number of rotatable bonds is 3. The molecule has 1 aliphatic heterocycles. The molecule has 1 aromatic carbocycles. The predicted molar refractivity (Wildman–Crippen MR) is 64.3 cm³/mol. The number of hydrogen-bond donors (Lipinski definition) is 2. The summed E-state index contributed by atoms with van der Waals surface area (Å²) in [5.41, 5.74) is 0.595. The summed E-state index contributed by atoms with van der Waals surface area (Å²) < 4.78 is 0. The third-order valence-electron chi connectivity index (χ3n) is 3.09. The van der Waals surface area contributed by atoms with Crippen molar-refractivity contribution in [3.63, 3.8) is 0 Å². The average Bonchev–Trinajstić information content (AvgIpc) is 2.34. The fourth-order valence-corrected chi connectivity index (χ4v) is 2.10. The molecule has 1 aliphatic rings. The summed E-state index contributed by atoms with van der Waals surface area (Å²) in [4.78, 5) is 24.3. The Hall–Kier alpha value is -2.04. The molecule has 0 aliphatic carbocycles. The van der Waals surface area contributed by atoms with Crippen molar-refractivity contribution < 1.29 is 19.8 Å². The molecule has 0 saturated carbocycles. The number of aromatic hydroxyl groups is 1. The fourth-order valence-electron chi connectivity index (χ4n) is 2.10. The van der Waals surface area contributed by atoms with Gasteiger partial charge in [-0.3, -0.25) is 4.79 Å². The first-order valence-corrected chi connectivity index (χ1v) is 5.91. The van der Waals surface area contributed by atoms with Crippen molar-refractivity contribution >= 4 is 11.9 Å². The van der Waals surface area contributed by atoms with Crippen LogP contribution in [0.25, 0.3) is 0 Å². The highest BCUT2D eigenvalue weighted by Gasteiger charge is 2.19. The number of benzene rings is 1. The lowest BCUT2D eigenvalue weighted by Gasteiger charge is -2.26. The van der Waals surface area contributed by atoms with Crippen LogP contribution in [-0.4, -0.2) is 33.5 Å². The minimum Gasteiger partial charge on any atom is -0.507 e. The van der Waals surface area contributed by atoms with E-state index in [9.17, 15) is 14.7 Å². The molecular weight excluding hydrogens is 234 g/mol. The van der Waals surface area contributed by atoms with Gasteiger partial charge in [-0.15, -0.1) is 0 Å². The van der Waals surface area contributed by atoms with Gasteiger partial charge in [-0.25, -0.2) is 4.79 Å². The van der Waals surface area contributed by atoms with Crippen LogP contribution in [0.15, 0.2) is 18.2 Å². The maximum Gasteiger partial charge on any atom is 0.339 e. The Kier molecular flexibility index (Phi) is 3.50. The number of carboxylic acid groups (broad SMARTS) is 1. The van der Waals surface area contributed by atoms with Gasteiger partial charge in [-0.05, 0) is 30.5 Å². The number of amides is 1. The molecule has 18 heavy (non-hydrogen) atoms. The van der Waals surface area contributed by atoms with Crippen LogP contribution < -0.4 is 0 Å². The molecule has 0 spiro atoms. The van der Waals surface area contributed by atoms with Crippen molar-refractivity contribution in [2.45, 2.75) is 25.8 Å². The Labute approximate surface area is 105 Å². The van der Waals surface area contributed by atoms with Crippen molar-refractivity contribution in [3.8, 4) is 5.75 Å². The zero-order valence-electron chi connectivity index (χ0n) is 9.93. The van der Waals surface area contributed by atoms with E-state index in [1.165, 1.54) is 12.1 Å². The Bertz CT molecular complexity index is 484. The molecule has 0 atom stereocenters. The lowest BCUT2D eigenvalue weighted by Crippen LogP contribution is -2.34. The van der Waals surface area contributed by atoms with Gasteiger partial charge in [0.25, 0.3) is 0 Å². The number of nitrogens with zero attached hydrogens (tertiary/aromatic N) is 1. The zero-order valence-corrected chi connectivity index (χ0v) is 9.93. The van der Waals surface area contributed by atoms with Gasteiger partial charge in [0.2, 0.25) is 5.91 Å². The number of piperidine rings is 1. The minimum absolute atomic E-state index is 0.103. The Balaban J connectivity index is 2.16. The second-order valence-electron chi connectivity index (χ2n) is 4.43. The van der Waals surface area contributed by atoms with Crippen molar-refractivity contribution in [2.24, 2.45) is 0 Å². The first-order valence-electron chi connectivity index (χ1n) is 5.91. The topological polar surface area (TPSA) is 77.8 Å². The molecule has 1 amide bonds. The molecule has 5 heteroatoms. The quantitative estimate of drug-likeness (QED) is 0.853. The van der Waals surface area contributed by atoms with Gasteiger partial charge in [0.15, 0.2) is 0 Å². The third kappa shape index (κ3) is 2.61. The minimum atomic E-state index is -1.17. The van der Waals surface area contributed by atoms with Crippen molar-refractivity contribution in [3.05, 3.63) is 29.3 Å². The average molecular weight is 249 g/mol. The first-order chi connectivity index (χ1) is 8.58. The summed E-state index contributed by atoms with van der Waals surface area (Å²) in [6, 6.07) is 4.41. The van der Waals surface area contributed by atoms with Gasteiger partial charge in [0.05, 0.1) is 0 Å². The van der Waals surface area contributed by atoms with Crippen LogP contribution in [0.3, 0.4) is 0 Å². The molecule has 1 aromatic rings. The number of aromatic carboxylic acids is 1. The Morgan fingerprint density at radius 3 is 2.78 bits per heavy atom. The number of hydrogen-bond acceptors (Lipinski definition) is 3. The van der Waals surface area contributed by atoms with Crippen LogP contribution in [0.2, 0.25) is 0 Å². The monoisotopic (exact) mass is 249 g/mol. The van der Waals surface area contributed by atoms with Gasteiger partial charge in [-0.1, -0.05) is 6.07 Å². The van der Waals surface area contributed by atoms with E-state index in [4.69, 9.17) is 5.11 Å². The fraction of sp³-hybridized carbons (Fsp3) is 0.385. The standard InChI is InChI=1S/C13H15NO4/c15-11-5-4-9(7-10(11)13(17)18)8-14-6-2-1-3-12(14)16/h4-5,7,15H,1-3,6,8H2,(H,17,18). The molecule has 2 N–H and O–H groups in total. The number of carboxylic acids is 1. The van der Waals surface area contributed by atoms with Crippen LogP contribution in [0.1, 0.15) is 35.2 Å². The zero-order chi connectivity index (χ0) is 13.1. The second kappa shape index (κ2) is 5.08. The van der Waals surface area contributed by atoms with E-state index in [1.807, 2.05) is 0 Å². The van der Waals surface area contributed by atoms with Gasteiger partial charge in [0.1, 0.15) is 11.3 Å². The molecule has 0 unspecified atom stereocenters. The highest BCUT2D eigenvalue weighted by molar-refractivity contribution is 5.91. The number of likely N-dealkylation sites (tertiary alicyclic amines) is 1. The van der Waals surface area contributed by atoms with Crippen LogP contribution in [0, 0.1) is 0 Å². The molecule has 1 saturated heterocycles. The van der Waals surface area contributed by atoms with E-state index in [0.29, 0.717) is 19.5 Å². The summed E-state index contributed by atoms with van der Waals surface area (Å²) in [5.74, 6) is -1.32. The number of carbonyl (C=O) groups is 2. The smallest absolute Gasteiger partial charge is 0.339 e. The highest BCUT2D eigenvalue weighted by Crippen LogP contribution is 2.21. The van der Waals surface area contributed by atoms with E-state index < -0.39 is 5.97 Å². The van der Waals surface area contributed by atoms with Crippen LogP contribution in [0.4, 0.5) is 0 Å². The molecule has 5 nitrogen and oxygen atoms in total. The van der Waals surface area contributed by atoms with Gasteiger partial charge in [0, 0.05) is 19.5 Å². The van der Waals surface area contributed by atoms with E-state index in [-0.39, 0.29) is 17.2 Å². The van der Waals surface area contributed by atoms with Gasteiger partial charge >= 0.3 is 5.97 Å². The number of carbonyl (C=O) groups excluding carboxylic acids is 1. The summed E-state index contributed by atoms with van der Waals surface area (Å²) in [6.07, 6.45) is 2.46. The lowest BCUT2D eigenvalue weighted by molar-refractivity contribution is -0.133. The van der Waals surface area contributed by atoms with Crippen LogP contribution in [0.5, 0.6) is 5.75 Å². The summed E-state index contributed by atoms with van der Waals surface area (Å²) in [6.45, 7) is 1.11. The van der Waals surface area contributed by atoms with E-state index >= 15 is 0 Å². The van der Waals surface area contributed by atoms with Crippen LogP contribution in [-0.2, 0) is 11.3 Å². The summed E-state index contributed by atoms with van der Waals surface area (Å²) in [5, 5.41) is 18.3. The molecule has 0 aromatic heterocycles. The molecule has 1 heterocycles. The predicted octanol–water partition coefficient (Wildman–Crippen LogP) is 1.60. The molecule has 0 bridgehead atoms. The van der Waals surface area contributed by atoms with Crippen molar-refractivity contribution in [1.82, 2.24) is 4.90 Å². The normalized spacial score (nSPS) is 15.8. The van der Waals surface area contributed by atoms with E-state index in [2.05, 4.69) is 0 Å². The van der Waals surface area contributed by atoms with Gasteiger partial charge in [-0.2, -0.15) is 0 Å². The lowest BCUT2D eigenvalue weighted by atomic mass is 10.1. The Morgan fingerprint density at radius 2 is 2.11 bits per heavy atom. The largest absolute Gasteiger partial charge is 0.507 e. The number of phenols is 1. The maximum absolute atomic E-state index is 11.6. The summed E-state index contributed by atoms with van der Waals surface area (Å²) in [7, 11) is 0. The van der Waals surface area contributed by atoms with Gasteiger partial charge < -0.3 is 15.1 Å². The molecule has 2 rings (SSSR count). The van der Waals surface area contributed by atoms with E-state index in [1.54, 1.807) is 11.0 Å². The van der Waals surface area contributed by atoms with E-state index in [0.717, 1.165) is 18.4 Å². The molecular formula is C13H15NO4. The van der Waals surface area contributed by atoms with Crippen LogP contribution >= 0.6 is 0 Å². The first kappa shape index (κ1) is 12.4. The third-order valence-corrected chi connectivity index (χ3v) is 3.09. The second-order valence-corrected chi connectivity index (χ2v) is 4.43. The molecule has 0 radical (unpaired) electrons. The summed E-state index contributed by atoms with van der Waals surface area (Å²) >= 11 is 0. The highest BCUT2D eigenvalue weighted by atomic mass is 16.4. The van der Waals surface area contributed by atoms with Crippen molar-refractivity contribution in [2.75, 3.05) is 6.54 Å². The van der Waals surface area contributed by atoms with Crippen molar-refractivity contribution in [1.29, 1.82) is 0 Å². The molecule has 1 fully saturated rings. The SMILES string of the molecule is O=C(O)c1cc(CN2CCCCC2=O)ccc1O.